The van der Waals surface area contributed by atoms with Crippen LogP contribution in [0.25, 0.3) is 0 Å². The fraction of sp³-hybridized carbons (Fsp3) is 0.800. The molecule has 0 aliphatic heterocycles. The molecule has 0 aromatic rings. The summed E-state index contributed by atoms with van der Waals surface area (Å²) in [5.41, 5.74) is 4.80. The molecule has 0 heterocycles. The number of alkyl halides is 1. The van der Waals surface area contributed by atoms with Crippen molar-refractivity contribution in [3.05, 3.63) is 0 Å². The molecule has 3 nitrogen and oxygen atoms in total. The van der Waals surface area contributed by atoms with Crippen LogP contribution in [-0.2, 0) is 9.53 Å². The largest absolute Gasteiger partial charge is 0.372 e. The number of methoxy groups -OCH3 is 1. The highest BCUT2D eigenvalue weighted by molar-refractivity contribution is 5.78. The van der Waals surface area contributed by atoms with Crippen LogP contribution in [0, 0.1) is 0 Å². The average Bonchev–Trinajstić information content (AvgIpc) is 1.82. The van der Waals surface area contributed by atoms with Crippen molar-refractivity contribution in [2.75, 3.05) is 13.8 Å². The summed E-state index contributed by atoms with van der Waals surface area (Å²) in [6, 6.07) is 0. The van der Waals surface area contributed by atoms with Crippen molar-refractivity contribution in [2.45, 2.75) is 12.5 Å². The van der Waals surface area contributed by atoms with Crippen molar-refractivity contribution >= 4 is 5.91 Å². The van der Waals surface area contributed by atoms with Crippen molar-refractivity contribution in [2.24, 2.45) is 5.73 Å². The van der Waals surface area contributed by atoms with Crippen LogP contribution < -0.4 is 5.73 Å². The van der Waals surface area contributed by atoms with Gasteiger partial charge in [0, 0.05) is 13.5 Å². The Morgan fingerprint density at radius 2 is 2.44 bits per heavy atom. The quantitative estimate of drug-likeness (QED) is 0.582. The molecule has 1 amide bonds. The topological polar surface area (TPSA) is 52.3 Å². The lowest BCUT2D eigenvalue weighted by atomic mass is 10.2. The van der Waals surface area contributed by atoms with Crippen molar-refractivity contribution in [3.8, 4) is 0 Å². The third-order valence-electron chi connectivity index (χ3n) is 0.973. The second-order valence-electron chi connectivity index (χ2n) is 1.60. The molecule has 1 unspecified atom stereocenters. The minimum Gasteiger partial charge on any atom is -0.372 e. The van der Waals surface area contributed by atoms with Crippen LogP contribution in [0.4, 0.5) is 4.39 Å². The van der Waals surface area contributed by atoms with E-state index in [4.69, 9.17) is 5.73 Å². The van der Waals surface area contributed by atoms with Gasteiger partial charge in [-0.1, -0.05) is 0 Å². The van der Waals surface area contributed by atoms with Crippen LogP contribution in [0.2, 0.25) is 0 Å². The van der Waals surface area contributed by atoms with Crippen LogP contribution in [0.5, 0.6) is 0 Å². The molecule has 0 saturated carbocycles. The molecule has 0 aromatic carbocycles. The first kappa shape index (κ1) is 8.36. The van der Waals surface area contributed by atoms with E-state index in [0.29, 0.717) is 0 Å². The number of primary amides is 1. The Kier molecular flexibility index (Phi) is 3.96. The van der Waals surface area contributed by atoms with E-state index in [1.165, 1.54) is 7.11 Å². The molecule has 0 aliphatic rings. The molecule has 0 aliphatic carbocycles. The van der Waals surface area contributed by atoms with E-state index in [1.54, 1.807) is 0 Å². The minimum atomic E-state index is -0.769. The smallest absolute Gasteiger partial charge is 0.246 e. The van der Waals surface area contributed by atoms with Crippen molar-refractivity contribution in [3.63, 3.8) is 0 Å². The predicted molar refractivity (Wildman–Crippen MR) is 30.6 cm³/mol. The number of carbonyl (C=O) groups is 1. The maximum atomic E-state index is 11.5. The minimum absolute atomic E-state index is 0.0475. The Morgan fingerprint density at radius 1 is 1.89 bits per heavy atom. The van der Waals surface area contributed by atoms with Gasteiger partial charge in [0.2, 0.25) is 5.91 Å². The second kappa shape index (κ2) is 4.26. The number of halogens is 1. The first-order valence-corrected chi connectivity index (χ1v) is 2.60. The third-order valence-corrected chi connectivity index (χ3v) is 0.973. The molecule has 0 spiro atoms. The SMILES string of the molecule is COC(CCF)C(N)=O. The van der Waals surface area contributed by atoms with E-state index < -0.39 is 18.7 Å². The molecule has 2 N–H and O–H groups in total. The lowest BCUT2D eigenvalue weighted by Crippen LogP contribution is -2.30. The molecule has 54 valence electrons. The molecule has 0 fully saturated rings. The number of hydrogen-bond acceptors (Lipinski definition) is 2. The lowest BCUT2D eigenvalue weighted by Gasteiger charge is -2.06. The fourth-order valence-electron chi connectivity index (χ4n) is 0.475. The van der Waals surface area contributed by atoms with Crippen LogP contribution >= 0.6 is 0 Å². The molecule has 9 heavy (non-hydrogen) atoms. The fourth-order valence-corrected chi connectivity index (χ4v) is 0.475. The second-order valence-corrected chi connectivity index (χ2v) is 1.60. The van der Waals surface area contributed by atoms with Crippen LogP contribution in [0.3, 0.4) is 0 Å². The third kappa shape index (κ3) is 3.03. The van der Waals surface area contributed by atoms with E-state index in [1.807, 2.05) is 0 Å². The molecular formula is C5H10FNO2. The zero-order valence-corrected chi connectivity index (χ0v) is 5.26. The highest BCUT2D eigenvalue weighted by Gasteiger charge is 2.12. The van der Waals surface area contributed by atoms with E-state index in [2.05, 4.69) is 4.74 Å². The first-order chi connectivity index (χ1) is 4.22. The molecule has 1 atom stereocenters. The number of ether oxygens (including phenoxy) is 1. The Bertz CT molecular complexity index is 97.0. The normalized spacial score (nSPS) is 13.1. The van der Waals surface area contributed by atoms with Crippen molar-refractivity contribution < 1.29 is 13.9 Å². The number of nitrogens with two attached hydrogens (primary N) is 1. The van der Waals surface area contributed by atoms with Crippen LogP contribution in [0.15, 0.2) is 0 Å². The highest BCUT2D eigenvalue weighted by Crippen LogP contribution is 1.95. The zero-order valence-electron chi connectivity index (χ0n) is 5.26. The van der Waals surface area contributed by atoms with Crippen LogP contribution in [0.1, 0.15) is 6.42 Å². The molecule has 0 bridgehead atoms. The summed E-state index contributed by atoms with van der Waals surface area (Å²) in [5.74, 6) is -0.616. The lowest BCUT2D eigenvalue weighted by molar-refractivity contribution is -0.128. The van der Waals surface area contributed by atoms with Crippen molar-refractivity contribution in [1.82, 2.24) is 0 Å². The summed E-state index contributed by atoms with van der Waals surface area (Å²) in [6.45, 7) is -0.582. The van der Waals surface area contributed by atoms with Gasteiger partial charge in [-0.25, -0.2) is 0 Å². The summed E-state index contributed by atoms with van der Waals surface area (Å²) in [5, 5.41) is 0. The Labute approximate surface area is 53.0 Å². The Balaban J connectivity index is 3.54. The van der Waals surface area contributed by atoms with Gasteiger partial charge in [-0.15, -0.1) is 0 Å². The van der Waals surface area contributed by atoms with Gasteiger partial charge in [0.15, 0.2) is 0 Å². The molecular weight excluding hydrogens is 125 g/mol. The van der Waals surface area contributed by atoms with Gasteiger partial charge < -0.3 is 10.5 Å². The zero-order chi connectivity index (χ0) is 7.28. The first-order valence-electron chi connectivity index (χ1n) is 2.60. The van der Waals surface area contributed by atoms with E-state index >= 15 is 0 Å². The van der Waals surface area contributed by atoms with Crippen LogP contribution in [-0.4, -0.2) is 25.8 Å². The van der Waals surface area contributed by atoms with E-state index in [9.17, 15) is 9.18 Å². The van der Waals surface area contributed by atoms with Gasteiger partial charge in [-0.2, -0.15) is 0 Å². The molecule has 0 radical (unpaired) electrons. The number of carbonyl (C=O) groups excluding carboxylic acids is 1. The highest BCUT2D eigenvalue weighted by atomic mass is 19.1. The van der Waals surface area contributed by atoms with E-state index in [0.717, 1.165) is 0 Å². The standard InChI is InChI=1S/C5H10FNO2/c1-9-4(2-3-6)5(7)8/h4H,2-3H2,1H3,(H2,7,8). The summed E-state index contributed by atoms with van der Waals surface area (Å²) < 4.78 is 16.0. The van der Waals surface area contributed by atoms with Gasteiger partial charge in [-0.3, -0.25) is 9.18 Å². The Hall–Kier alpha value is -0.640. The Morgan fingerprint density at radius 3 is 2.56 bits per heavy atom. The maximum absolute atomic E-state index is 11.5. The summed E-state index contributed by atoms with van der Waals surface area (Å²) >= 11 is 0. The number of hydrogen-bond donors (Lipinski definition) is 1. The summed E-state index contributed by atoms with van der Waals surface area (Å²) in [6.07, 6.45) is -0.721. The maximum Gasteiger partial charge on any atom is 0.246 e. The predicted octanol–water partition coefficient (Wildman–Crippen LogP) is -0.154. The van der Waals surface area contributed by atoms with E-state index in [-0.39, 0.29) is 6.42 Å². The van der Waals surface area contributed by atoms with Gasteiger partial charge in [0.05, 0.1) is 6.67 Å². The summed E-state index contributed by atoms with van der Waals surface area (Å²) in [4.78, 5) is 10.3. The van der Waals surface area contributed by atoms with Gasteiger partial charge in [0.1, 0.15) is 6.10 Å². The average molecular weight is 135 g/mol. The van der Waals surface area contributed by atoms with Gasteiger partial charge in [-0.05, 0) is 0 Å². The molecule has 0 aromatic heterocycles. The molecule has 0 rings (SSSR count). The number of amides is 1. The monoisotopic (exact) mass is 135 g/mol. The van der Waals surface area contributed by atoms with Gasteiger partial charge >= 0.3 is 0 Å². The van der Waals surface area contributed by atoms with Crippen molar-refractivity contribution in [1.29, 1.82) is 0 Å². The summed E-state index contributed by atoms with van der Waals surface area (Å²) in [7, 11) is 1.32. The number of rotatable bonds is 4. The molecule has 0 saturated heterocycles. The molecule has 4 heteroatoms. The van der Waals surface area contributed by atoms with Gasteiger partial charge in [0.25, 0.3) is 0 Å².